The fourth-order valence-corrected chi connectivity index (χ4v) is 2.34. The van der Waals surface area contributed by atoms with E-state index in [1.807, 2.05) is 6.07 Å². The number of rotatable bonds is 2. The van der Waals surface area contributed by atoms with Gasteiger partial charge in [0.05, 0.1) is 7.11 Å². The van der Waals surface area contributed by atoms with Crippen molar-refractivity contribution in [1.82, 2.24) is 0 Å². The van der Waals surface area contributed by atoms with Crippen LogP contribution in [0.1, 0.15) is 0 Å². The Hall–Kier alpha value is 0.196. The molecule has 0 aromatic heterocycles. The van der Waals surface area contributed by atoms with Crippen molar-refractivity contribution in [3.05, 3.63) is 24.0 Å². The van der Waals surface area contributed by atoms with Gasteiger partial charge in [0, 0.05) is 6.07 Å². The highest BCUT2D eigenvalue weighted by molar-refractivity contribution is 9.23. The van der Waals surface area contributed by atoms with Gasteiger partial charge in [-0.25, -0.2) is 4.39 Å². The average Bonchev–Trinajstić information content (AvgIpc) is 2.03. The Labute approximate surface area is 80.5 Å². The fraction of sp³-hybridized carbons (Fsp3) is 0.143. The van der Waals surface area contributed by atoms with E-state index in [1.165, 1.54) is 19.2 Å². The Bertz CT molecular complexity index is 232. The zero-order valence-corrected chi connectivity index (χ0v) is 9.10. The van der Waals surface area contributed by atoms with E-state index in [2.05, 4.69) is 12.9 Å². The van der Waals surface area contributed by atoms with Crippen LogP contribution >= 0.6 is 12.9 Å². The van der Waals surface area contributed by atoms with Crippen molar-refractivity contribution in [1.29, 1.82) is 0 Å². The lowest BCUT2D eigenvalue weighted by atomic mass is 10.3. The van der Waals surface area contributed by atoms with Crippen LogP contribution in [0.15, 0.2) is 18.2 Å². The first-order chi connectivity index (χ1) is 5.26. The molecule has 0 heterocycles. The van der Waals surface area contributed by atoms with Gasteiger partial charge in [-0.15, -0.1) is 3.69 Å². The molecule has 4 heteroatoms. The molecule has 11 heavy (non-hydrogen) atoms. The van der Waals surface area contributed by atoms with E-state index in [4.69, 9.17) is 4.74 Å². The highest BCUT2D eigenvalue weighted by Crippen LogP contribution is 2.09. The number of benzene rings is 1. The van der Waals surface area contributed by atoms with Gasteiger partial charge in [-0.05, 0) is 6.07 Å². The molecular formula is C7H6BrFMgO. The van der Waals surface area contributed by atoms with Crippen molar-refractivity contribution >= 4 is 34.8 Å². The quantitative estimate of drug-likeness (QED) is 0.698. The summed E-state index contributed by atoms with van der Waals surface area (Å²) in [4.78, 5) is 0. The molecule has 0 aliphatic heterocycles. The van der Waals surface area contributed by atoms with Crippen LogP contribution in [0.4, 0.5) is 4.39 Å². The lowest BCUT2D eigenvalue weighted by Crippen LogP contribution is -2.08. The van der Waals surface area contributed by atoms with E-state index in [0.29, 0.717) is 5.75 Å². The molecule has 0 fully saturated rings. The van der Waals surface area contributed by atoms with Crippen molar-refractivity contribution in [2.45, 2.75) is 0 Å². The van der Waals surface area contributed by atoms with Gasteiger partial charge < -0.3 is 4.74 Å². The van der Waals surface area contributed by atoms with E-state index >= 15 is 0 Å². The van der Waals surface area contributed by atoms with Gasteiger partial charge in [-0.3, -0.25) is 12.9 Å². The molecule has 0 amide bonds. The lowest BCUT2D eigenvalue weighted by Gasteiger charge is -2.01. The molecule has 1 nitrogen and oxygen atoms in total. The molecule has 0 unspecified atom stereocenters. The van der Waals surface area contributed by atoms with E-state index in [1.54, 1.807) is 0 Å². The topological polar surface area (TPSA) is 9.23 Å². The first kappa shape index (κ1) is 9.29. The Balaban J connectivity index is 3.02. The van der Waals surface area contributed by atoms with Gasteiger partial charge in [0.1, 0.15) is 11.6 Å². The van der Waals surface area contributed by atoms with E-state index in [9.17, 15) is 4.39 Å². The van der Waals surface area contributed by atoms with Crippen LogP contribution in [0.5, 0.6) is 5.75 Å². The van der Waals surface area contributed by atoms with Gasteiger partial charge in [0.15, 0.2) is 0 Å². The minimum absolute atomic E-state index is 0.230. The number of hydrogen-bond donors (Lipinski definition) is 0. The highest BCUT2D eigenvalue weighted by Gasteiger charge is 2.00. The third kappa shape index (κ3) is 2.61. The van der Waals surface area contributed by atoms with Gasteiger partial charge in [0.2, 0.25) is 0 Å². The minimum atomic E-state index is -0.468. The molecule has 1 aromatic rings. The third-order valence-corrected chi connectivity index (χ3v) is 3.98. The van der Waals surface area contributed by atoms with Crippen LogP contribution in [0.2, 0.25) is 0 Å². The zero-order chi connectivity index (χ0) is 8.27. The summed E-state index contributed by atoms with van der Waals surface area (Å²) in [5.41, 5.74) is 0. The van der Waals surface area contributed by atoms with Gasteiger partial charge in [0.25, 0.3) is 0 Å². The second-order valence-electron chi connectivity index (χ2n) is 2.13. The molecule has 56 valence electrons. The summed E-state index contributed by atoms with van der Waals surface area (Å²) in [7, 11) is 1.54. The average molecular weight is 229 g/mol. The van der Waals surface area contributed by atoms with Crippen LogP contribution in [-0.4, -0.2) is 25.3 Å². The molecule has 0 radical (unpaired) electrons. The van der Waals surface area contributed by atoms with Crippen LogP contribution < -0.4 is 8.43 Å². The van der Waals surface area contributed by atoms with E-state index in [-0.39, 0.29) is 5.82 Å². The Morgan fingerprint density at radius 2 is 2.18 bits per heavy atom. The van der Waals surface area contributed by atoms with Gasteiger partial charge in [-0.1, -0.05) is 6.07 Å². The molecular weight excluding hydrogens is 223 g/mol. The summed E-state index contributed by atoms with van der Waals surface area (Å²) in [5, 5.41) is 0. The summed E-state index contributed by atoms with van der Waals surface area (Å²) < 4.78 is 18.6. The molecule has 0 saturated carbocycles. The number of methoxy groups -OCH3 is 1. The van der Waals surface area contributed by atoms with Crippen molar-refractivity contribution < 1.29 is 9.13 Å². The predicted molar refractivity (Wildman–Crippen MR) is 47.3 cm³/mol. The normalized spacial score (nSPS) is 9.00. The molecule has 0 N–H and O–H groups in total. The highest BCUT2D eigenvalue weighted by atomic mass is 79.9. The first-order valence-corrected chi connectivity index (χ1v) is 7.76. The minimum Gasteiger partial charge on any atom is -0.497 e. The zero-order valence-electron chi connectivity index (χ0n) is 6.10. The van der Waals surface area contributed by atoms with E-state index < -0.39 is 18.2 Å². The second kappa shape index (κ2) is 4.28. The lowest BCUT2D eigenvalue weighted by molar-refractivity contribution is 0.412. The number of hydrogen-bond acceptors (Lipinski definition) is 1. The Morgan fingerprint density at radius 1 is 1.45 bits per heavy atom. The number of halogens is 2. The first-order valence-electron chi connectivity index (χ1n) is 3.15. The van der Waals surface area contributed by atoms with Crippen molar-refractivity contribution in [2.24, 2.45) is 0 Å². The molecule has 1 rings (SSSR count). The van der Waals surface area contributed by atoms with Gasteiger partial charge >= 0.3 is 18.2 Å². The van der Waals surface area contributed by atoms with Gasteiger partial charge in [-0.2, -0.15) is 0 Å². The summed E-state index contributed by atoms with van der Waals surface area (Å²) in [5.74, 6) is 0.359. The maximum Gasteiger partial charge on any atom is 0.507 e. The molecule has 0 aliphatic rings. The monoisotopic (exact) mass is 228 g/mol. The van der Waals surface area contributed by atoms with Crippen LogP contribution in [0, 0.1) is 5.82 Å². The maximum absolute atomic E-state index is 12.7. The molecule has 1 aromatic carbocycles. The predicted octanol–water partition coefficient (Wildman–Crippen LogP) is 1.47. The van der Waals surface area contributed by atoms with Crippen molar-refractivity contribution in [3.63, 3.8) is 0 Å². The Morgan fingerprint density at radius 3 is 2.73 bits per heavy atom. The molecule has 0 spiro atoms. The third-order valence-electron chi connectivity index (χ3n) is 1.32. The Kier molecular flexibility index (Phi) is 3.61. The summed E-state index contributed by atoms with van der Waals surface area (Å²) in [6.45, 7) is 0. The van der Waals surface area contributed by atoms with Crippen molar-refractivity contribution in [3.8, 4) is 5.75 Å². The standard InChI is InChI=1S/C7H6FO.BrH.Mg/c1-9-7-4-2-3-6(8)5-7;;/h3-5H,1H3;1H;/q;;+1/p-1. The summed E-state index contributed by atoms with van der Waals surface area (Å²) in [6.07, 6.45) is 0. The molecule has 0 bridgehead atoms. The largest absolute Gasteiger partial charge is 0.507 e. The van der Waals surface area contributed by atoms with Crippen LogP contribution in [0.3, 0.4) is 0 Å². The SMILES string of the molecule is COc1cc(F)c[c]([Mg][Br])c1. The summed E-state index contributed by atoms with van der Waals surface area (Å²) in [6, 6.07) is 4.76. The summed E-state index contributed by atoms with van der Waals surface area (Å²) >= 11 is 2.90. The maximum atomic E-state index is 12.7. The second-order valence-corrected chi connectivity index (χ2v) is 4.90. The van der Waals surface area contributed by atoms with Crippen LogP contribution in [-0.2, 0) is 0 Å². The number of ether oxygens (including phenoxy) is 1. The van der Waals surface area contributed by atoms with Crippen molar-refractivity contribution in [2.75, 3.05) is 7.11 Å². The van der Waals surface area contributed by atoms with Crippen LogP contribution in [0.25, 0.3) is 0 Å². The fourth-order valence-electron chi connectivity index (χ4n) is 0.816. The van der Waals surface area contributed by atoms with E-state index in [0.717, 1.165) is 3.69 Å². The molecule has 0 aliphatic carbocycles. The molecule has 0 saturated heterocycles. The smallest absolute Gasteiger partial charge is 0.497 e. The molecule has 0 atom stereocenters.